The largest absolute Gasteiger partial charge is 0.454 e. The normalized spacial score (nSPS) is 52.7. The molecule has 26 unspecified atom stereocenters. The quantitative estimate of drug-likeness (QED) is 0.0491. The molecule has 3 saturated carbocycles. The SMILES string of the molecule is CC1OC(OCC2OC(OC3CC4C(OC5OC(CO)C(O)C(O)C5O)CC(O)CC4[OH+]C3C3CC(O)C(O)C(O)C3)C(O)C(O)C2O)C(O)C(O)C1OC(=O)C=CC1CCC(O)C(O)C1. The van der Waals surface area contributed by atoms with Gasteiger partial charge in [-0.25, -0.2) is 4.79 Å². The van der Waals surface area contributed by atoms with Crippen molar-refractivity contribution in [1.82, 2.24) is 0 Å². The Kier molecular flexibility index (Phi) is 17.5. The Balaban J connectivity index is 1.02. The van der Waals surface area contributed by atoms with Gasteiger partial charge >= 0.3 is 5.97 Å². The van der Waals surface area contributed by atoms with Crippen LogP contribution in [0.5, 0.6) is 0 Å². The maximum absolute atomic E-state index is 12.7. The molecule has 0 aromatic rings. The molecule has 66 heavy (non-hydrogen) atoms. The van der Waals surface area contributed by atoms with Crippen molar-refractivity contribution in [1.29, 1.82) is 0 Å². The van der Waals surface area contributed by atoms with Crippen LogP contribution < -0.4 is 0 Å². The van der Waals surface area contributed by atoms with Gasteiger partial charge in [0.25, 0.3) is 0 Å². The monoisotopic (exact) mass is 957 g/mol. The van der Waals surface area contributed by atoms with Crippen molar-refractivity contribution in [3.63, 3.8) is 0 Å². The lowest BCUT2D eigenvalue weighted by Crippen LogP contribution is -2.64. The number of hydrogen-bond acceptors (Lipinski definition) is 23. The number of ether oxygens (including phenoxy) is 8. The molecule has 7 aliphatic rings. The van der Waals surface area contributed by atoms with Crippen LogP contribution in [0, 0.1) is 17.8 Å². The number of rotatable bonds is 12. The lowest BCUT2D eigenvalue weighted by molar-refractivity contribution is -0.371. The van der Waals surface area contributed by atoms with Crippen LogP contribution in [0.15, 0.2) is 12.2 Å². The molecule has 0 radical (unpaired) electrons. The van der Waals surface area contributed by atoms with Gasteiger partial charge in [-0.15, -0.1) is 0 Å². The number of carbonyl (C=O) groups excluding carboxylic acids is 1. The molecule has 0 amide bonds. The number of aliphatic hydroxyl groups is 17. The zero-order chi connectivity index (χ0) is 47.9. The van der Waals surface area contributed by atoms with Crippen molar-refractivity contribution in [3.05, 3.63) is 12.2 Å². The maximum atomic E-state index is 12.7. The molecule has 4 aliphatic heterocycles. The van der Waals surface area contributed by atoms with E-state index in [1.54, 1.807) is 0 Å². The Morgan fingerprint density at radius 3 is 1.85 bits per heavy atom. The Morgan fingerprint density at radius 1 is 0.606 bits per heavy atom. The zero-order valence-electron chi connectivity index (χ0n) is 36.3. The van der Waals surface area contributed by atoms with Gasteiger partial charge in [-0.05, 0) is 51.4 Å². The van der Waals surface area contributed by atoms with Gasteiger partial charge in [-0.2, -0.15) is 0 Å². The number of hydrogen-bond donors (Lipinski definition) is 15. The summed E-state index contributed by atoms with van der Waals surface area (Å²) in [4.78, 5) is 12.7. The van der Waals surface area contributed by atoms with E-state index in [0.717, 1.165) is 6.08 Å². The minimum Gasteiger partial charge on any atom is -0.454 e. The van der Waals surface area contributed by atoms with E-state index in [0.29, 0.717) is 12.8 Å². The third-order valence-corrected chi connectivity index (χ3v) is 14.5. The first-order valence-corrected chi connectivity index (χ1v) is 22.9. The summed E-state index contributed by atoms with van der Waals surface area (Å²) >= 11 is 0. The third-order valence-electron chi connectivity index (χ3n) is 14.5. The first kappa shape index (κ1) is 52.2. The summed E-state index contributed by atoms with van der Waals surface area (Å²) in [5, 5.41) is 159. The first-order valence-electron chi connectivity index (χ1n) is 22.9. The Hall–Kier alpha value is -1.67. The second-order valence-corrected chi connectivity index (χ2v) is 19.1. The van der Waals surface area contributed by atoms with Crippen LogP contribution in [-0.2, 0) is 38.0 Å². The van der Waals surface area contributed by atoms with Crippen molar-refractivity contribution in [2.45, 2.75) is 211 Å². The molecule has 0 bridgehead atoms. The molecule has 0 aromatic carbocycles. The summed E-state index contributed by atoms with van der Waals surface area (Å²) in [5.74, 6) is -2.31. The Morgan fingerprint density at radius 2 is 1.21 bits per heavy atom. The molecule has 0 aromatic heterocycles. The molecule has 16 N–H and O–H groups in total. The van der Waals surface area contributed by atoms with Gasteiger partial charge in [0.1, 0.15) is 73.2 Å². The van der Waals surface area contributed by atoms with Crippen molar-refractivity contribution in [2.24, 2.45) is 17.8 Å². The van der Waals surface area contributed by atoms with Crippen molar-refractivity contribution in [3.8, 4) is 0 Å². The molecule has 7 rings (SSSR count). The summed E-state index contributed by atoms with van der Waals surface area (Å²) < 4.78 is 46.0. The van der Waals surface area contributed by atoms with Crippen LogP contribution >= 0.6 is 0 Å². The number of fused-ring (bicyclic) bond motifs is 1. The highest BCUT2D eigenvalue weighted by Crippen LogP contribution is 2.44. The molecule has 24 nitrogen and oxygen atoms in total. The van der Waals surface area contributed by atoms with Crippen molar-refractivity contribution in [2.75, 3.05) is 13.2 Å². The van der Waals surface area contributed by atoms with E-state index in [-0.39, 0.29) is 44.4 Å². The Bertz CT molecular complexity index is 1580. The summed E-state index contributed by atoms with van der Waals surface area (Å²) in [5.41, 5.74) is 0. The van der Waals surface area contributed by atoms with E-state index in [2.05, 4.69) is 0 Å². The van der Waals surface area contributed by atoms with Crippen LogP contribution in [0.25, 0.3) is 0 Å². The second kappa shape index (κ2) is 22.2. The standard InChI is InChI=1S/C42H68O24/c1-14-38(66-28(49)5-3-15-2-4-19(45)20(46)6-15)34(55)37(58)40(60-14)59-13-27-31(52)33(54)36(57)42(65-27)63-25-11-18-23(61-39(25)16-7-21(47)29(50)22(48)8-16)9-17(44)10-24(18)62-41-35(56)32(53)30(51)26(12-43)64-41/h3,5,14-27,29-48,50-58H,2,4,6-13H2,1H3/p+1. The Labute approximate surface area is 379 Å². The second-order valence-electron chi connectivity index (χ2n) is 19.1. The van der Waals surface area contributed by atoms with E-state index in [9.17, 15) is 81.4 Å². The topological polar surface area (TPSA) is 398 Å². The van der Waals surface area contributed by atoms with E-state index in [1.165, 1.54) is 13.0 Å². The molecule has 24 heteroatoms. The van der Waals surface area contributed by atoms with Crippen LogP contribution in [0.2, 0.25) is 0 Å². The van der Waals surface area contributed by atoms with Crippen molar-refractivity contribution < 1.29 is 119 Å². The molecule has 380 valence electrons. The van der Waals surface area contributed by atoms with Gasteiger partial charge in [0.2, 0.25) is 0 Å². The summed E-state index contributed by atoms with van der Waals surface area (Å²) in [7, 11) is 0. The van der Waals surface area contributed by atoms with E-state index in [1.807, 2.05) is 0 Å². The lowest BCUT2D eigenvalue weighted by atomic mass is 9.72. The number of aliphatic hydroxyl groups excluding tert-OH is 15. The fraction of sp³-hybridized carbons (Fsp3) is 0.929. The van der Waals surface area contributed by atoms with E-state index < -0.39 is 184 Å². The van der Waals surface area contributed by atoms with E-state index >= 15 is 0 Å². The fourth-order valence-corrected chi connectivity index (χ4v) is 10.6. The fourth-order valence-electron chi connectivity index (χ4n) is 10.6. The van der Waals surface area contributed by atoms with Crippen molar-refractivity contribution >= 4 is 5.97 Å². The predicted molar refractivity (Wildman–Crippen MR) is 215 cm³/mol. The zero-order valence-corrected chi connectivity index (χ0v) is 36.3. The van der Waals surface area contributed by atoms with E-state index in [4.69, 9.17) is 37.9 Å². The molecule has 4 heterocycles. The molecule has 26 atom stereocenters. The molecule has 0 spiro atoms. The highest BCUT2D eigenvalue weighted by atomic mass is 16.7. The van der Waals surface area contributed by atoms with Crippen LogP contribution in [0.4, 0.5) is 0 Å². The van der Waals surface area contributed by atoms with Gasteiger partial charge in [0.05, 0.1) is 61.9 Å². The third kappa shape index (κ3) is 11.4. The first-order chi connectivity index (χ1) is 31.3. The molecule has 7 fully saturated rings. The average molecular weight is 958 g/mol. The average Bonchev–Trinajstić information content (AvgIpc) is 3.28. The molecular weight excluding hydrogens is 888 g/mol. The summed E-state index contributed by atoms with van der Waals surface area (Å²) in [6.07, 6.45) is -30.8. The van der Waals surface area contributed by atoms with Gasteiger partial charge in [0, 0.05) is 24.8 Å². The number of esters is 1. The summed E-state index contributed by atoms with van der Waals surface area (Å²) in [6, 6.07) is 0. The highest BCUT2D eigenvalue weighted by Gasteiger charge is 2.57. The molecule has 3 aliphatic carbocycles. The maximum Gasteiger partial charge on any atom is 0.330 e. The van der Waals surface area contributed by atoms with Gasteiger partial charge < -0.3 is 114 Å². The smallest absolute Gasteiger partial charge is 0.330 e. The van der Waals surface area contributed by atoms with Gasteiger partial charge in [-0.3, -0.25) is 0 Å². The molecular formula is C42H69O24+. The number of allylic oxidation sites excluding steroid dienone is 1. The van der Waals surface area contributed by atoms with Crippen LogP contribution in [0.3, 0.4) is 0 Å². The predicted octanol–water partition coefficient (Wildman–Crippen LogP) is -7.23. The molecule has 4 saturated heterocycles. The van der Waals surface area contributed by atoms with Crippen LogP contribution in [0.1, 0.15) is 58.3 Å². The summed E-state index contributed by atoms with van der Waals surface area (Å²) in [6.45, 7) is 0.126. The minimum atomic E-state index is -1.90. The van der Waals surface area contributed by atoms with Gasteiger partial charge in [0.15, 0.2) is 37.2 Å². The van der Waals surface area contributed by atoms with Gasteiger partial charge in [-0.1, -0.05) is 6.08 Å². The van der Waals surface area contributed by atoms with Crippen LogP contribution in [-0.4, -0.2) is 254 Å². The number of carbonyl (C=O) groups is 1. The lowest BCUT2D eigenvalue weighted by Gasteiger charge is -2.50. The minimum absolute atomic E-state index is 0.00964. The highest BCUT2D eigenvalue weighted by molar-refractivity contribution is 5.82.